The summed E-state index contributed by atoms with van der Waals surface area (Å²) < 4.78 is 0. The SMILES string of the molecule is CCC(C)[C@H](N)C(=O)N(C)C1CCC1. The normalized spacial score (nSPS) is 21.1. The molecule has 0 radical (unpaired) electrons. The first kappa shape index (κ1) is 11.5. The maximum Gasteiger partial charge on any atom is 0.239 e. The van der Waals surface area contributed by atoms with Crippen LogP contribution in [0.5, 0.6) is 0 Å². The lowest BCUT2D eigenvalue weighted by molar-refractivity contribution is -0.136. The van der Waals surface area contributed by atoms with E-state index in [2.05, 4.69) is 6.92 Å². The van der Waals surface area contributed by atoms with Crippen LogP contribution in [0.3, 0.4) is 0 Å². The molecule has 2 atom stereocenters. The van der Waals surface area contributed by atoms with Crippen LogP contribution in [0.1, 0.15) is 39.5 Å². The Kier molecular flexibility index (Phi) is 3.93. The summed E-state index contributed by atoms with van der Waals surface area (Å²) in [6.07, 6.45) is 4.51. The highest BCUT2D eigenvalue weighted by molar-refractivity contribution is 5.82. The summed E-state index contributed by atoms with van der Waals surface area (Å²) in [5, 5.41) is 0. The zero-order chi connectivity index (χ0) is 10.7. The molecule has 1 aliphatic carbocycles. The van der Waals surface area contributed by atoms with Crippen LogP contribution in [0.2, 0.25) is 0 Å². The molecule has 82 valence electrons. The van der Waals surface area contributed by atoms with Gasteiger partial charge in [-0.2, -0.15) is 0 Å². The van der Waals surface area contributed by atoms with Crippen molar-refractivity contribution >= 4 is 5.91 Å². The predicted molar refractivity (Wildman–Crippen MR) is 57.8 cm³/mol. The lowest BCUT2D eigenvalue weighted by Crippen LogP contribution is -2.51. The van der Waals surface area contributed by atoms with Gasteiger partial charge < -0.3 is 10.6 Å². The number of nitrogens with zero attached hydrogens (tertiary/aromatic N) is 1. The minimum Gasteiger partial charge on any atom is -0.341 e. The van der Waals surface area contributed by atoms with Crippen molar-refractivity contribution in [1.82, 2.24) is 4.90 Å². The summed E-state index contributed by atoms with van der Waals surface area (Å²) in [5.74, 6) is 0.397. The van der Waals surface area contributed by atoms with Gasteiger partial charge in [0.05, 0.1) is 6.04 Å². The zero-order valence-corrected chi connectivity index (χ0v) is 9.49. The smallest absolute Gasteiger partial charge is 0.239 e. The van der Waals surface area contributed by atoms with E-state index in [0.29, 0.717) is 6.04 Å². The lowest BCUT2D eigenvalue weighted by Gasteiger charge is -2.37. The first-order chi connectivity index (χ1) is 6.57. The minimum atomic E-state index is -0.314. The maximum absolute atomic E-state index is 11.9. The molecule has 1 amide bonds. The second-order valence-corrected chi connectivity index (χ2v) is 4.45. The first-order valence-electron chi connectivity index (χ1n) is 5.60. The van der Waals surface area contributed by atoms with Crippen molar-refractivity contribution in [2.45, 2.75) is 51.6 Å². The van der Waals surface area contributed by atoms with Gasteiger partial charge in [0, 0.05) is 13.1 Å². The van der Waals surface area contributed by atoms with Crippen LogP contribution < -0.4 is 5.73 Å². The molecule has 1 unspecified atom stereocenters. The predicted octanol–water partition coefficient (Wildman–Crippen LogP) is 1.37. The van der Waals surface area contributed by atoms with Crippen LogP contribution in [-0.4, -0.2) is 29.9 Å². The van der Waals surface area contributed by atoms with Gasteiger partial charge in [0.2, 0.25) is 5.91 Å². The number of rotatable bonds is 4. The highest BCUT2D eigenvalue weighted by Gasteiger charge is 2.30. The number of hydrogen-bond acceptors (Lipinski definition) is 2. The second-order valence-electron chi connectivity index (χ2n) is 4.45. The van der Waals surface area contributed by atoms with E-state index in [0.717, 1.165) is 19.3 Å². The van der Waals surface area contributed by atoms with E-state index < -0.39 is 0 Å². The molecule has 2 N–H and O–H groups in total. The number of amides is 1. The third-order valence-corrected chi connectivity index (χ3v) is 3.51. The van der Waals surface area contributed by atoms with Gasteiger partial charge in [-0.3, -0.25) is 4.79 Å². The molecule has 0 aromatic carbocycles. The molecule has 0 aromatic heterocycles. The Morgan fingerprint density at radius 3 is 2.50 bits per heavy atom. The Balaban J connectivity index is 2.46. The molecule has 1 aliphatic rings. The molecule has 0 saturated heterocycles. The van der Waals surface area contributed by atoms with Gasteiger partial charge in [0.15, 0.2) is 0 Å². The van der Waals surface area contributed by atoms with Crippen molar-refractivity contribution in [2.24, 2.45) is 11.7 Å². The molecule has 1 saturated carbocycles. The van der Waals surface area contributed by atoms with Gasteiger partial charge in [-0.25, -0.2) is 0 Å². The van der Waals surface area contributed by atoms with E-state index >= 15 is 0 Å². The van der Waals surface area contributed by atoms with Gasteiger partial charge in [0.25, 0.3) is 0 Å². The van der Waals surface area contributed by atoms with Gasteiger partial charge in [-0.1, -0.05) is 20.3 Å². The summed E-state index contributed by atoms with van der Waals surface area (Å²) in [4.78, 5) is 13.7. The zero-order valence-electron chi connectivity index (χ0n) is 9.49. The standard InChI is InChI=1S/C11H22N2O/c1-4-8(2)10(12)11(14)13(3)9-6-5-7-9/h8-10H,4-7,12H2,1-3H3/t8?,10-/m0/s1. The van der Waals surface area contributed by atoms with Gasteiger partial charge >= 0.3 is 0 Å². The van der Waals surface area contributed by atoms with Crippen LogP contribution in [0.25, 0.3) is 0 Å². The van der Waals surface area contributed by atoms with Crippen molar-refractivity contribution in [3.8, 4) is 0 Å². The maximum atomic E-state index is 11.9. The molecule has 3 heteroatoms. The summed E-state index contributed by atoms with van der Waals surface area (Å²) in [5.41, 5.74) is 5.90. The van der Waals surface area contributed by atoms with Gasteiger partial charge in [0.1, 0.15) is 0 Å². The number of hydrogen-bond donors (Lipinski definition) is 1. The van der Waals surface area contributed by atoms with Crippen molar-refractivity contribution in [1.29, 1.82) is 0 Å². The summed E-state index contributed by atoms with van der Waals surface area (Å²) >= 11 is 0. The number of carbonyl (C=O) groups is 1. The number of carbonyl (C=O) groups excluding carboxylic acids is 1. The Morgan fingerprint density at radius 2 is 2.14 bits per heavy atom. The van der Waals surface area contributed by atoms with Crippen LogP contribution in [0.4, 0.5) is 0 Å². The van der Waals surface area contributed by atoms with Crippen molar-refractivity contribution in [3.63, 3.8) is 0 Å². The average molecular weight is 198 g/mol. The molecular formula is C11H22N2O. The van der Waals surface area contributed by atoms with Crippen LogP contribution in [-0.2, 0) is 4.79 Å². The molecule has 0 bridgehead atoms. The molecule has 3 nitrogen and oxygen atoms in total. The molecule has 0 aliphatic heterocycles. The molecule has 1 rings (SSSR count). The summed E-state index contributed by atoms with van der Waals surface area (Å²) in [6, 6.07) is 0.142. The van der Waals surface area contributed by atoms with E-state index in [4.69, 9.17) is 5.73 Å². The molecule has 14 heavy (non-hydrogen) atoms. The van der Waals surface area contributed by atoms with Crippen LogP contribution in [0, 0.1) is 5.92 Å². The number of likely N-dealkylation sites (N-methyl/N-ethyl adjacent to an activating group) is 1. The van der Waals surface area contributed by atoms with Crippen LogP contribution >= 0.6 is 0 Å². The average Bonchev–Trinajstić information content (AvgIpc) is 2.11. The quantitative estimate of drug-likeness (QED) is 0.741. The third kappa shape index (κ3) is 2.27. The van der Waals surface area contributed by atoms with Gasteiger partial charge in [-0.15, -0.1) is 0 Å². The van der Waals surface area contributed by atoms with E-state index in [1.54, 1.807) is 0 Å². The fourth-order valence-electron chi connectivity index (χ4n) is 1.69. The minimum absolute atomic E-state index is 0.115. The third-order valence-electron chi connectivity index (χ3n) is 3.51. The van der Waals surface area contributed by atoms with Crippen LogP contribution in [0.15, 0.2) is 0 Å². The first-order valence-corrected chi connectivity index (χ1v) is 5.60. The molecule has 0 spiro atoms. The Bertz CT molecular complexity index is 189. The van der Waals surface area contributed by atoms with Gasteiger partial charge in [-0.05, 0) is 25.2 Å². The highest BCUT2D eigenvalue weighted by Crippen LogP contribution is 2.24. The van der Waals surface area contributed by atoms with E-state index in [1.807, 2.05) is 18.9 Å². The molecular weight excluding hydrogens is 176 g/mol. The Labute approximate surface area is 86.6 Å². The Hall–Kier alpha value is -0.570. The van der Waals surface area contributed by atoms with Crippen molar-refractivity contribution in [3.05, 3.63) is 0 Å². The fraction of sp³-hybridized carbons (Fsp3) is 0.909. The molecule has 1 fully saturated rings. The van der Waals surface area contributed by atoms with E-state index in [9.17, 15) is 4.79 Å². The highest BCUT2D eigenvalue weighted by atomic mass is 16.2. The van der Waals surface area contributed by atoms with E-state index in [-0.39, 0.29) is 17.9 Å². The molecule has 0 aromatic rings. The van der Waals surface area contributed by atoms with Crippen molar-refractivity contribution < 1.29 is 4.79 Å². The second kappa shape index (κ2) is 4.78. The Morgan fingerprint density at radius 1 is 1.57 bits per heavy atom. The fourth-order valence-corrected chi connectivity index (χ4v) is 1.69. The largest absolute Gasteiger partial charge is 0.341 e. The van der Waals surface area contributed by atoms with Crippen molar-refractivity contribution in [2.75, 3.05) is 7.05 Å². The molecule has 0 heterocycles. The summed E-state index contributed by atoms with van der Waals surface area (Å²) in [6.45, 7) is 4.11. The lowest BCUT2D eigenvalue weighted by atomic mass is 9.90. The number of nitrogens with two attached hydrogens (primary N) is 1. The topological polar surface area (TPSA) is 46.3 Å². The summed E-state index contributed by atoms with van der Waals surface area (Å²) in [7, 11) is 1.88. The van der Waals surface area contributed by atoms with E-state index in [1.165, 1.54) is 6.42 Å². The monoisotopic (exact) mass is 198 g/mol.